The average Bonchev–Trinajstić information content (AvgIpc) is 2.78. The zero-order valence-electron chi connectivity index (χ0n) is 10.8. The van der Waals surface area contributed by atoms with E-state index in [4.69, 9.17) is 0 Å². The van der Waals surface area contributed by atoms with Gasteiger partial charge in [-0.05, 0) is 12.6 Å². The van der Waals surface area contributed by atoms with E-state index in [1.807, 2.05) is 23.0 Å². The molecule has 0 saturated heterocycles. The highest BCUT2D eigenvalue weighted by atomic mass is 15.3. The lowest BCUT2D eigenvalue weighted by Crippen LogP contribution is -2.16. The van der Waals surface area contributed by atoms with Gasteiger partial charge in [-0.2, -0.15) is 5.10 Å². The lowest BCUT2D eigenvalue weighted by atomic mass is 10.2. The lowest BCUT2D eigenvalue weighted by Gasteiger charge is -2.11. The molecular weight excluding hydrogens is 222 g/mol. The van der Waals surface area contributed by atoms with Crippen LogP contribution in [0.5, 0.6) is 0 Å². The third kappa shape index (κ3) is 3.57. The molecule has 0 unspecified atom stereocenters. The molecule has 1 heterocycles. The van der Waals surface area contributed by atoms with Crippen LogP contribution in [-0.2, 0) is 13.1 Å². The van der Waals surface area contributed by atoms with E-state index >= 15 is 0 Å². The molecule has 2 aromatic rings. The first kappa shape index (κ1) is 12.6. The largest absolute Gasteiger partial charge is 0.298 e. The van der Waals surface area contributed by atoms with E-state index in [2.05, 4.69) is 54.1 Å². The summed E-state index contributed by atoms with van der Waals surface area (Å²) in [6.07, 6.45) is 5.95. The fraction of sp³-hybridized carbons (Fsp3) is 0.267. The first-order chi connectivity index (χ1) is 8.78. The minimum atomic E-state index is 0.825. The second-order valence-corrected chi connectivity index (χ2v) is 4.52. The van der Waals surface area contributed by atoms with Gasteiger partial charge in [0.25, 0.3) is 0 Å². The molecule has 0 aliphatic carbocycles. The molecule has 0 aliphatic heterocycles. The SMILES string of the molecule is C=CCN(C)Cc1cnn(Cc2ccccc2)c1. The molecule has 0 amide bonds. The quantitative estimate of drug-likeness (QED) is 0.725. The highest BCUT2D eigenvalue weighted by molar-refractivity contribution is 5.15. The summed E-state index contributed by atoms with van der Waals surface area (Å²) in [6.45, 7) is 6.36. The molecule has 0 radical (unpaired) electrons. The van der Waals surface area contributed by atoms with Crippen LogP contribution in [0.2, 0.25) is 0 Å². The number of nitrogens with zero attached hydrogens (tertiary/aromatic N) is 3. The van der Waals surface area contributed by atoms with Crippen LogP contribution in [0.25, 0.3) is 0 Å². The van der Waals surface area contributed by atoms with E-state index < -0.39 is 0 Å². The van der Waals surface area contributed by atoms with Gasteiger partial charge in [0.2, 0.25) is 0 Å². The van der Waals surface area contributed by atoms with Gasteiger partial charge in [0.05, 0.1) is 12.7 Å². The fourth-order valence-electron chi connectivity index (χ4n) is 1.94. The Labute approximate surface area is 108 Å². The van der Waals surface area contributed by atoms with Gasteiger partial charge in [0.1, 0.15) is 0 Å². The standard InChI is InChI=1S/C15H19N3/c1-3-9-17(2)11-15-10-16-18(13-15)12-14-7-5-4-6-8-14/h3-8,10,13H,1,9,11-12H2,2H3. The molecule has 2 rings (SSSR count). The van der Waals surface area contributed by atoms with Crippen LogP contribution in [0.3, 0.4) is 0 Å². The summed E-state index contributed by atoms with van der Waals surface area (Å²) in [4.78, 5) is 2.21. The molecule has 0 fully saturated rings. The Kier molecular flexibility index (Phi) is 4.31. The topological polar surface area (TPSA) is 21.1 Å². The summed E-state index contributed by atoms with van der Waals surface area (Å²) in [5.41, 5.74) is 2.50. The summed E-state index contributed by atoms with van der Waals surface area (Å²) in [5, 5.41) is 4.39. The second kappa shape index (κ2) is 6.17. The molecule has 18 heavy (non-hydrogen) atoms. The van der Waals surface area contributed by atoms with Crippen LogP contribution in [0.15, 0.2) is 55.4 Å². The first-order valence-corrected chi connectivity index (χ1v) is 6.12. The molecule has 0 atom stereocenters. The maximum atomic E-state index is 4.39. The van der Waals surface area contributed by atoms with E-state index in [1.54, 1.807) is 0 Å². The van der Waals surface area contributed by atoms with Crippen LogP contribution in [0.4, 0.5) is 0 Å². The minimum absolute atomic E-state index is 0.825. The molecule has 1 aromatic carbocycles. The Bertz CT molecular complexity index is 487. The zero-order chi connectivity index (χ0) is 12.8. The van der Waals surface area contributed by atoms with E-state index in [9.17, 15) is 0 Å². The van der Waals surface area contributed by atoms with Gasteiger partial charge in [0.15, 0.2) is 0 Å². The number of hydrogen-bond acceptors (Lipinski definition) is 2. The van der Waals surface area contributed by atoms with Crippen molar-refractivity contribution in [2.75, 3.05) is 13.6 Å². The molecule has 0 saturated carbocycles. The summed E-state index contributed by atoms with van der Waals surface area (Å²) >= 11 is 0. The van der Waals surface area contributed by atoms with E-state index in [1.165, 1.54) is 11.1 Å². The highest BCUT2D eigenvalue weighted by Crippen LogP contribution is 2.05. The van der Waals surface area contributed by atoms with Crippen LogP contribution in [0.1, 0.15) is 11.1 Å². The van der Waals surface area contributed by atoms with Gasteiger partial charge in [-0.1, -0.05) is 36.4 Å². The van der Waals surface area contributed by atoms with Gasteiger partial charge in [-0.3, -0.25) is 9.58 Å². The Hall–Kier alpha value is -1.87. The van der Waals surface area contributed by atoms with Crippen LogP contribution >= 0.6 is 0 Å². The Balaban J connectivity index is 1.96. The first-order valence-electron chi connectivity index (χ1n) is 6.12. The zero-order valence-corrected chi connectivity index (χ0v) is 10.8. The third-order valence-corrected chi connectivity index (χ3v) is 2.77. The van der Waals surface area contributed by atoms with Gasteiger partial charge in [0, 0.05) is 24.8 Å². The van der Waals surface area contributed by atoms with Crippen molar-refractivity contribution in [3.05, 3.63) is 66.5 Å². The van der Waals surface area contributed by atoms with Gasteiger partial charge in [-0.25, -0.2) is 0 Å². The summed E-state index contributed by atoms with van der Waals surface area (Å²) < 4.78 is 1.98. The van der Waals surface area contributed by atoms with Gasteiger partial charge in [-0.15, -0.1) is 6.58 Å². The van der Waals surface area contributed by atoms with Crippen LogP contribution in [0, 0.1) is 0 Å². The maximum absolute atomic E-state index is 4.39. The summed E-state index contributed by atoms with van der Waals surface area (Å²) in [7, 11) is 2.08. The normalized spacial score (nSPS) is 10.8. The minimum Gasteiger partial charge on any atom is -0.298 e. The summed E-state index contributed by atoms with van der Waals surface area (Å²) in [5.74, 6) is 0. The Morgan fingerprint density at radius 3 is 2.78 bits per heavy atom. The second-order valence-electron chi connectivity index (χ2n) is 4.52. The van der Waals surface area contributed by atoms with Crippen LogP contribution < -0.4 is 0 Å². The number of hydrogen-bond donors (Lipinski definition) is 0. The average molecular weight is 241 g/mol. The number of rotatable bonds is 6. The molecule has 0 N–H and O–H groups in total. The fourth-order valence-corrected chi connectivity index (χ4v) is 1.94. The number of benzene rings is 1. The number of aromatic nitrogens is 2. The van der Waals surface area contributed by atoms with Crippen molar-refractivity contribution in [1.29, 1.82) is 0 Å². The molecule has 1 aromatic heterocycles. The highest BCUT2D eigenvalue weighted by Gasteiger charge is 2.02. The van der Waals surface area contributed by atoms with Crippen LogP contribution in [-0.4, -0.2) is 28.3 Å². The third-order valence-electron chi connectivity index (χ3n) is 2.77. The van der Waals surface area contributed by atoms with Crippen molar-refractivity contribution >= 4 is 0 Å². The molecule has 3 nitrogen and oxygen atoms in total. The monoisotopic (exact) mass is 241 g/mol. The lowest BCUT2D eigenvalue weighted by molar-refractivity contribution is 0.363. The van der Waals surface area contributed by atoms with Crippen molar-refractivity contribution in [1.82, 2.24) is 14.7 Å². The van der Waals surface area contributed by atoms with Crippen molar-refractivity contribution in [3.63, 3.8) is 0 Å². The maximum Gasteiger partial charge on any atom is 0.0659 e. The van der Waals surface area contributed by atoms with E-state index in [0.717, 1.165) is 19.6 Å². The Morgan fingerprint density at radius 2 is 2.06 bits per heavy atom. The number of likely N-dealkylation sites (N-methyl/N-ethyl adjacent to an activating group) is 1. The molecule has 3 heteroatoms. The predicted octanol–water partition coefficient (Wildman–Crippen LogP) is 2.55. The van der Waals surface area contributed by atoms with Crippen molar-refractivity contribution in [3.8, 4) is 0 Å². The predicted molar refractivity (Wildman–Crippen MR) is 74.3 cm³/mol. The molecule has 0 spiro atoms. The molecule has 0 bridgehead atoms. The summed E-state index contributed by atoms with van der Waals surface area (Å²) in [6, 6.07) is 10.4. The van der Waals surface area contributed by atoms with Gasteiger partial charge >= 0.3 is 0 Å². The van der Waals surface area contributed by atoms with E-state index in [0.29, 0.717) is 0 Å². The van der Waals surface area contributed by atoms with Gasteiger partial charge < -0.3 is 0 Å². The van der Waals surface area contributed by atoms with Crippen molar-refractivity contribution in [2.24, 2.45) is 0 Å². The molecular formula is C15H19N3. The van der Waals surface area contributed by atoms with E-state index in [-0.39, 0.29) is 0 Å². The molecule has 0 aliphatic rings. The Morgan fingerprint density at radius 1 is 1.28 bits per heavy atom. The van der Waals surface area contributed by atoms with Crippen molar-refractivity contribution in [2.45, 2.75) is 13.1 Å². The van der Waals surface area contributed by atoms with Crippen molar-refractivity contribution < 1.29 is 0 Å². The molecule has 94 valence electrons. The smallest absolute Gasteiger partial charge is 0.0659 e.